The quantitative estimate of drug-likeness (QED) is 0.693. The Balaban J connectivity index is 1.93. The van der Waals surface area contributed by atoms with Crippen LogP contribution < -0.4 is 4.90 Å². The number of benzene rings is 1. The van der Waals surface area contributed by atoms with Crippen LogP contribution in [0.25, 0.3) is 4.90 Å². The van der Waals surface area contributed by atoms with E-state index < -0.39 is 10.5 Å². The van der Waals surface area contributed by atoms with Gasteiger partial charge in [0.15, 0.2) is 11.1 Å². The summed E-state index contributed by atoms with van der Waals surface area (Å²) in [5.41, 5.74) is 0.978. The Morgan fingerprint density at radius 2 is 2.15 bits per heavy atom. The summed E-state index contributed by atoms with van der Waals surface area (Å²) in [7, 11) is -0.545. The van der Waals surface area contributed by atoms with E-state index in [1.807, 2.05) is 17.5 Å². The summed E-state index contributed by atoms with van der Waals surface area (Å²) in [5.74, 6) is 0.207. The first-order chi connectivity index (χ1) is 9.79. The number of ether oxygens (including phenoxy) is 1. The lowest BCUT2D eigenvalue weighted by Crippen LogP contribution is -2.36. The van der Waals surface area contributed by atoms with Gasteiger partial charge in [0.1, 0.15) is 0 Å². The van der Waals surface area contributed by atoms with Gasteiger partial charge in [-0.05, 0) is 6.07 Å². The number of thiazole rings is 1. The summed E-state index contributed by atoms with van der Waals surface area (Å²) in [6.07, 6.45) is 2.36. The van der Waals surface area contributed by atoms with E-state index in [0.29, 0.717) is 18.2 Å². The van der Waals surface area contributed by atoms with Gasteiger partial charge in [-0.3, -0.25) is 4.79 Å². The Bertz CT molecular complexity index is 621. The van der Waals surface area contributed by atoms with Crippen molar-refractivity contribution in [3.8, 4) is 10.6 Å². The third-order valence-electron chi connectivity index (χ3n) is 3.28. The molecule has 2 heterocycles. The molecule has 6 heteroatoms. The summed E-state index contributed by atoms with van der Waals surface area (Å²) in [6.45, 7) is 3.06. The highest BCUT2D eigenvalue weighted by molar-refractivity contribution is 7.39. The molecule has 1 fully saturated rings. The normalized spacial score (nSPS) is 16.2. The molecular weight excluding hydrogens is 276 g/mol. The van der Waals surface area contributed by atoms with Crippen molar-refractivity contribution in [1.82, 2.24) is 4.98 Å². The molecule has 1 aromatic heterocycles. The topological polar surface area (TPSA) is 62.7 Å². The Kier molecular flexibility index (Phi) is 3.66. The average molecular weight is 291 g/mol. The maximum atomic E-state index is 10.9. The number of aldehydes is 1. The van der Waals surface area contributed by atoms with Crippen molar-refractivity contribution in [1.29, 1.82) is 0 Å². The van der Waals surface area contributed by atoms with Crippen molar-refractivity contribution < 1.29 is 14.6 Å². The molecule has 0 bridgehead atoms. The second-order valence-corrected chi connectivity index (χ2v) is 6.27. The number of aromatic nitrogens is 1. The zero-order valence-electron chi connectivity index (χ0n) is 10.9. The predicted octanol–water partition coefficient (Wildman–Crippen LogP) is 2.17. The van der Waals surface area contributed by atoms with E-state index >= 15 is 0 Å². The smallest absolute Gasteiger partial charge is 0.312 e. The van der Waals surface area contributed by atoms with Crippen LogP contribution in [0.3, 0.4) is 0 Å². The minimum absolute atomic E-state index is 0.207. The first-order valence-corrected chi connectivity index (χ1v) is 7.67. The van der Waals surface area contributed by atoms with E-state index in [-0.39, 0.29) is 5.75 Å². The molecule has 1 aliphatic rings. The second kappa shape index (κ2) is 5.60. The number of rotatable bonds is 3. The maximum Gasteiger partial charge on any atom is 0.312 e. The van der Waals surface area contributed by atoms with Crippen LogP contribution in [0.5, 0.6) is 5.75 Å². The second-order valence-electron chi connectivity index (χ2n) is 4.46. The van der Waals surface area contributed by atoms with E-state index in [2.05, 4.69) is 9.88 Å². The van der Waals surface area contributed by atoms with E-state index in [0.717, 1.165) is 30.0 Å². The summed E-state index contributed by atoms with van der Waals surface area (Å²) in [4.78, 5) is 17.9. The molecule has 0 radical (unpaired) electrons. The van der Waals surface area contributed by atoms with Gasteiger partial charge in [-0.15, -0.1) is 0 Å². The van der Waals surface area contributed by atoms with Crippen LogP contribution in [-0.2, 0) is 4.74 Å². The van der Waals surface area contributed by atoms with Gasteiger partial charge < -0.3 is 14.7 Å². The molecule has 0 aliphatic carbocycles. The summed E-state index contributed by atoms with van der Waals surface area (Å²) < 4.78 is 5.32. The van der Waals surface area contributed by atoms with Gasteiger partial charge in [0.2, 0.25) is 11.2 Å². The molecule has 1 unspecified atom stereocenters. The molecule has 1 aliphatic heterocycles. The van der Waals surface area contributed by atoms with Crippen LogP contribution in [0.2, 0.25) is 0 Å². The summed E-state index contributed by atoms with van der Waals surface area (Å²) in [6, 6.07) is 5.60. The molecule has 1 aromatic carbocycles. The number of carbonyl (C=O) groups is 1. The number of morpholine rings is 1. The van der Waals surface area contributed by atoms with Crippen molar-refractivity contribution in [3.63, 3.8) is 0 Å². The van der Waals surface area contributed by atoms with Crippen LogP contribution in [0.1, 0.15) is 9.80 Å². The average Bonchev–Trinajstić information content (AvgIpc) is 2.96. The third kappa shape index (κ3) is 2.39. The molecule has 1 atom stereocenters. The zero-order chi connectivity index (χ0) is 13.9. The zero-order valence-corrected chi connectivity index (χ0v) is 11.7. The Labute approximate surface area is 119 Å². The molecule has 1 saturated heterocycles. The fraction of sp³-hybridized carbons (Fsp3) is 0.286. The van der Waals surface area contributed by atoms with Crippen molar-refractivity contribution in [2.24, 2.45) is 0 Å². The first kappa shape index (κ1) is 13.1. The lowest BCUT2D eigenvalue weighted by atomic mass is 10.2. The first-order valence-electron chi connectivity index (χ1n) is 6.38. The number of hydrogen-bond acceptors (Lipinski definition) is 5. The van der Waals surface area contributed by atoms with Gasteiger partial charge in [0.25, 0.3) is 0 Å². The largest absolute Gasteiger partial charge is 0.503 e. The standard InChI is InChI=1S/C14H14N2O3S/c17-10-14-15-3-8-20(14)13-2-1-11(9-12(13)18)16-4-6-19-7-5-16/h1-3,8-10H,4-7H2/p+1. The summed E-state index contributed by atoms with van der Waals surface area (Å²) in [5, 5.41) is 12.5. The molecule has 1 N–H and O–H groups in total. The van der Waals surface area contributed by atoms with Crippen molar-refractivity contribution in [2.45, 2.75) is 0 Å². The number of anilines is 1. The van der Waals surface area contributed by atoms with Crippen molar-refractivity contribution in [3.05, 3.63) is 34.8 Å². The van der Waals surface area contributed by atoms with Crippen LogP contribution in [0.4, 0.5) is 5.69 Å². The maximum absolute atomic E-state index is 10.9. The lowest BCUT2D eigenvalue weighted by Gasteiger charge is -2.28. The minimum Gasteiger partial charge on any atom is -0.503 e. The van der Waals surface area contributed by atoms with Crippen molar-refractivity contribution in [2.75, 3.05) is 31.2 Å². The Hall–Kier alpha value is -1.92. The number of aromatic hydroxyl groups is 1. The number of phenols is 1. The monoisotopic (exact) mass is 291 g/mol. The van der Waals surface area contributed by atoms with Crippen LogP contribution in [-0.4, -0.2) is 42.7 Å². The third-order valence-corrected chi connectivity index (χ3v) is 5.15. The molecule has 2 aromatic rings. The minimum atomic E-state index is -0.545. The highest BCUT2D eigenvalue weighted by atomic mass is 32.2. The molecule has 3 rings (SSSR count). The van der Waals surface area contributed by atoms with Crippen LogP contribution >= 0.6 is 10.5 Å². The van der Waals surface area contributed by atoms with Gasteiger partial charge in [0.05, 0.1) is 29.9 Å². The van der Waals surface area contributed by atoms with Crippen molar-refractivity contribution >= 4 is 22.4 Å². The summed E-state index contributed by atoms with van der Waals surface area (Å²) >= 11 is 0. The van der Waals surface area contributed by atoms with E-state index in [4.69, 9.17) is 4.74 Å². The molecule has 0 spiro atoms. The van der Waals surface area contributed by atoms with Gasteiger partial charge in [-0.2, -0.15) is 4.98 Å². The van der Waals surface area contributed by atoms with Crippen LogP contribution in [0.15, 0.2) is 29.8 Å². The molecular formula is C14H15N2O3S+. The number of phenolic OH excluding ortho intramolecular Hbond substituents is 1. The highest BCUT2D eigenvalue weighted by Gasteiger charge is 2.22. The number of hydrogen-bond donors (Lipinski definition) is 1. The van der Waals surface area contributed by atoms with E-state index in [1.54, 1.807) is 12.3 Å². The SMILES string of the molecule is O=Cc1ncc[s+]1-c1ccc(N2CCOCC2)cc1O. The fourth-order valence-electron chi connectivity index (χ4n) is 2.27. The number of nitrogens with zero attached hydrogens (tertiary/aromatic N) is 2. The van der Waals surface area contributed by atoms with E-state index in [9.17, 15) is 9.90 Å². The highest BCUT2D eigenvalue weighted by Crippen LogP contribution is 2.40. The number of carbonyl (C=O) groups excluding carboxylic acids is 1. The molecule has 5 nitrogen and oxygen atoms in total. The van der Waals surface area contributed by atoms with Gasteiger partial charge in [-0.1, -0.05) is 0 Å². The molecule has 0 amide bonds. The Morgan fingerprint density at radius 1 is 1.35 bits per heavy atom. The van der Waals surface area contributed by atoms with Gasteiger partial charge in [0, 0.05) is 30.9 Å². The fourth-order valence-corrected chi connectivity index (χ4v) is 3.74. The lowest BCUT2D eigenvalue weighted by molar-refractivity contribution is 0.112. The Morgan fingerprint density at radius 3 is 2.85 bits per heavy atom. The molecule has 104 valence electrons. The predicted molar refractivity (Wildman–Crippen MR) is 78.1 cm³/mol. The van der Waals surface area contributed by atoms with E-state index in [1.165, 1.54) is 0 Å². The molecule has 0 saturated carbocycles. The van der Waals surface area contributed by atoms with Crippen LogP contribution in [0, 0.1) is 0 Å². The van der Waals surface area contributed by atoms with Gasteiger partial charge >= 0.3 is 5.01 Å². The molecule has 20 heavy (non-hydrogen) atoms. The van der Waals surface area contributed by atoms with Gasteiger partial charge in [-0.25, -0.2) is 0 Å².